The maximum Gasteiger partial charge on any atom is 0.362 e. The molecular formula is C16H17ClN2O2. The highest BCUT2D eigenvalue weighted by Gasteiger charge is 2.13. The minimum Gasteiger partial charge on any atom is -0.421 e. The first-order chi connectivity index (χ1) is 9.95. The van der Waals surface area contributed by atoms with Gasteiger partial charge in [0.1, 0.15) is 11.6 Å². The van der Waals surface area contributed by atoms with Gasteiger partial charge in [0.05, 0.1) is 0 Å². The van der Waals surface area contributed by atoms with Crippen molar-refractivity contribution in [1.82, 2.24) is 4.98 Å². The summed E-state index contributed by atoms with van der Waals surface area (Å²) in [6, 6.07) is 10.6. The Labute approximate surface area is 129 Å². The number of halogens is 1. The molecule has 21 heavy (non-hydrogen) atoms. The molecule has 0 atom stereocenters. The number of carbonyl (C=O) groups is 1. The largest absolute Gasteiger partial charge is 0.421 e. The summed E-state index contributed by atoms with van der Waals surface area (Å²) in [6.45, 7) is 5.85. The van der Waals surface area contributed by atoms with Gasteiger partial charge < -0.3 is 10.1 Å². The lowest BCUT2D eigenvalue weighted by atomic mass is 10.2. The van der Waals surface area contributed by atoms with Gasteiger partial charge in [-0.05, 0) is 50.6 Å². The van der Waals surface area contributed by atoms with E-state index >= 15 is 0 Å². The van der Waals surface area contributed by atoms with Crippen LogP contribution in [-0.2, 0) is 0 Å². The summed E-state index contributed by atoms with van der Waals surface area (Å²) in [5.74, 6) is 0.576. The first-order valence-corrected chi connectivity index (χ1v) is 7.05. The van der Waals surface area contributed by atoms with Crippen LogP contribution in [0.5, 0.6) is 5.75 Å². The molecule has 2 rings (SSSR count). The molecule has 0 unspecified atom stereocenters. The van der Waals surface area contributed by atoms with Crippen molar-refractivity contribution in [1.29, 1.82) is 0 Å². The number of ether oxygens (including phenoxy) is 1. The van der Waals surface area contributed by atoms with Crippen molar-refractivity contribution < 1.29 is 9.53 Å². The molecule has 0 spiro atoms. The predicted octanol–water partition coefficient (Wildman–Crippen LogP) is 4.08. The van der Waals surface area contributed by atoms with E-state index in [4.69, 9.17) is 16.3 Å². The van der Waals surface area contributed by atoms with E-state index in [1.807, 2.05) is 20.8 Å². The number of aromatic nitrogens is 1. The van der Waals surface area contributed by atoms with Gasteiger partial charge in [-0.15, -0.1) is 0 Å². The molecule has 0 aliphatic rings. The number of aryl methyl sites for hydroxylation is 1. The fourth-order valence-electron chi connectivity index (χ4n) is 1.76. The normalized spacial score (nSPS) is 10.5. The minimum absolute atomic E-state index is 0.235. The van der Waals surface area contributed by atoms with Crippen LogP contribution >= 0.6 is 11.6 Å². The molecule has 2 aromatic rings. The van der Waals surface area contributed by atoms with Crippen molar-refractivity contribution in [3.05, 3.63) is 52.7 Å². The van der Waals surface area contributed by atoms with Crippen molar-refractivity contribution in [3.8, 4) is 5.75 Å². The van der Waals surface area contributed by atoms with Crippen molar-refractivity contribution >= 4 is 23.4 Å². The van der Waals surface area contributed by atoms with Crippen molar-refractivity contribution in [2.45, 2.75) is 26.8 Å². The lowest BCUT2D eigenvalue weighted by Crippen LogP contribution is -2.15. The number of hydrogen-bond donors (Lipinski definition) is 1. The van der Waals surface area contributed by atoms with E-state index in [0.717, 1.165) is 5.56 Å². The Morgan fingerprint density at radius 1 is 1.29 bits per heavy atom. The Bertz CT molecular complexity index is 656. The SMILES string of the molecule is Cc1ccc(Cl)cc1OC(=O)c1cccc(NC(C)C)n1. The number of esters is 1. The van der Waals surface area contributed by atoms with E-state index in [1.54, 1.807) is 36.4 Å². The minimum atomic E-state index is -0.507. The van der Waals surface area contributed by atoms with Gasteiger partial charge in [0.2, 0.25) is 0 Å². The fraction of sp³-hybridized carbons (Fsp3) is 0.250. The summed E-state index contributed by atoms with van der Waals surface area (Å²) in [6.07, 6.45) is 0. The van der Waals surface area contributed by atoms with Gasteiger partial charge in [0.25, 0.3) is 0 Å². The molecule has 0 fully saturated rings. The second kappa shape index (κ2) is 6.59. The zero-order valence-corrected chi connectivity index (χ0v) is 12.9. The number of benzene rings is 1. The Morgan fingerprint density at radius 3 is 2.76 bits per heavy atom. The van der Waals surface area contributed by atoms with Crippen LogP contribution in [0.2, 0.25) is 5.02 Å². The van der Waals surface area contributed by atoms with Crippen molar-refractivity contribution in [3.63, 3.8) is 0 Å². The third-order valence-corrected chi connectivity index (χ3v) is 2.98. The van der Waals surface area contributed by atoms with E-state index in [2.05, 4.69) is 10.3 Å². The third kappa shape index (κ3) is 4.20. The Balaban J connectivity index is 2.18. The summed E-state index contributed by atoms with van der Waals surface area (Å²) < 4.78 is 5.36. The number of anilines is 1. The molecule has 0 saturated heterocycles. The molecule has 1 aromatic carbocycles. The van der Waals surface area contributed by atoms with Gasteiger partial charge in [0, 0.05) is 11.1 Å². The molecule has 5 heteroatoms. The molecule has 0 saturated carbocycles. The van der Waals surface area contributed by atoms with E-state index in [1.165, 1.54) is 0 Å². The van der Waals surface area contributed by atoms with Gasteiger partial charge in [-0.3, -0.25) is 0 Å². The molecular weight excluding hydrogens is 288 g/mol. The molecule has 1 heterocycles. The lowest BCUT2D eigenvalue weighted by Gasteiger charge is -2.11. The van der Waals surface area contributed by atoms with Gasteiger partial charge in [-0.1, -0.05) is 23.7 Å². The third-order valence-electron chi connectivity index (χ3n) is 2.75. The molecule has 0 amide bonds. The van der Waals surface area contributed by atoms with Gasteiger partial charge in [-0.25, -0.2) is 9.78 Å². The van der Waals surface area contributed by atoms with Crippen LogP contribution in [0.15, 0.2) is 36.4 Å². The molecule has 110 valence electrons. The quantitative estimate of drug-likeness (QED) is 0.683. The zero-order chi connectivity index (χ0) is 15.4. The molecule has 0 aliphatic carbocycles. The average Bonchev–Trinajstić information content (AvgIpc) is 2.42. The topological polar surface area (TPSA) is 51.2 Å². The standard InChI is InChI=1S/C16H17ClN2O2/c1-10(2)18-15-6-4-5-13(19-15)16(20)21-14-9-12(17)8-7-11(14)3/h4-10H,1-3H3,(H,18,19). The molecule has 4 nitrogen and oxygen atoms in total. The smallest absolute Gasteiger partial charge is 0.362 e. The fourth-order valence-corrected chi connectivity index (χ4v) is 1.92. The lowest BCUT2D eigenvalue weighted by molar-refractivity contribution is 0.0727. The highest BCUT2D eigenvalue weighted by molar-refractivity contribution is 6.30. The van der Waals surface area contributed by atoms with Crippen LogP contribution in [0.4, 0.5) is 5.82 Å². The predicted molar refractivity (Wildman–Crippen MR) is 84.1 cm³/mol. The summed E-state index contributed by atoms with van der Waals surface area (Å²) in [5.41, 5.74) is 1.09. The number of nitrogens with one attached hydrogen (secondary N) is 1. The summed E-state index contributed by atoms with van der Waals surface area (Å²) >= 11 is 5.91. The number of rotatable bonds is 4. The second-order valence-corrected chi connectivity index (χ2v) is 5.44. The van der Waals surface area contributed by atoms with E-state index in [0.29, 0.717) is 16.6 Å². The summed E-state index contributed by atoms with van der Waals surface area (Å²) in [5, 5.41) is 3.66. The molecule has 0 radical (unpaired) electrons. The molecule has 1 N–H and O–H groups in total. The highest BCUT2D eigenvalue weighted by atomic mass is 35.5. The Kier molecular flexibility index (Phi) is 4.81. The molecule has 0 bridgehead atoms. The van der Waals surface area contributed by atoms with E-state index in [9.17, 15) is 4.79 Å². The summed E-state index contributed by atoms with van der Waals surface area (Å²) in [7, 11) is 0. The van der Waals surface area contributed by atoms with Crippen LogP contribution < -0.4 is 10.1 Å². The van der Waals surface area contributed by atoms with Crippen LogP contribution in [0.25, 0.3) is 0 Å². The maximum absolute atomic E-state index is 12.2. The second-order valence-electron chi connectivity index (χ2n) is 5.01. The zero-order valence-electron chi connectivity index (χ0n) is 12.2. The number of carbonyl (C=O) groups excluding carboxylic acids is 1. The van der Waals surface area contributed by atoms with Gasteiger partial charge >= 0.3 is 5.97 Å². The van der Waals surface area contributed by atoms with Gasteiger partial charge in [-0.2, -0.15) is 0 Å². The van der Waals surface area contributed by atoms with E-state index < -0.39 is 5.97 Å². The number of nitrogens with zero attached hydrogens (tertiary/aromatic N) is 1. The maximum atomic E-state index is 12.2. The number of pyridine rings is 1. The van der Waals surface area contributed by atoms with Crippen LogP contribution in [0.1, 0.15) is 29.9 Å². The Morgan fingerprint density at radius 2 is 2.05 bits per heavy atom. The number of hydrogen-bond acceptors (Lipinski definition) is 4. The van der Waals surface area contributed by atoms with Crippen LogP contribution in [0, 0.1) is 6.92 Å². The highest BCUT2D eigenvalue weighted by Crippen LogP contribution is 2.23. The van der Waals surface area contributed by atoms with Crippen molar-refractivity contribution in [2.24, 2.45) is 0 Å². The van der Waals surface area contributed by atoms with E-state index in [-0.39, 0.29) is 11.7 Å². The first kappa shape index (κ1) is 15.3. The Hall–Kier alpha value is -2.07. The first-order valence-electron chi connectivity index (χ1n) is 6.67. The molecule has 0 aliphatic heterocycles. The summed E-state index contributed by atoms with van der Waals surface area (Å²) in [4.78, 5) is 16.4. The van der Waals surface area contributed by atoms with Crippen LogP contribution in [0.3, 0.4) is 0 Å². The average molecular weight is 305 g/mol. The van der Waals surface area contributed by atoms with Gasteiger partial charge in [0.15, 0.2) is 5.69 Å². The van der Waals surface area contributed by atoms with Crippen molar-refractivity contribution in [2.75, 3.05) is 5.32 Å². The van der Waals surface area contributed by atoms with Crippen LogP contribution in [-0.4, -0.2) is 17.0 Å². The molecule has 1 aromatic heterocycles. The monoisotopic (exact) mass is 304 g/mol.